The van der Waals surface area contributed by atoms with Crippen molar-refractivity contribution < 1.29 is 0 Å². The third-order valence-electron chi connectivity index (χ3n) is 3.04. The molecule has 1 atom stereocenters. The van der Waals surface area contributed by atoms with E-state index in [-0.39, 0.29) is 0 Å². The van der Waals surface area contributed by atoms with Crippen molar-refractivity contribution in [3.05, 3.63) is 34.0 Å². The number of aromatic nitrogens is 3. The topological polar surface area (TPSA) is 42.7 Å². The van der Waals surface area contributed by atoms with Crippen molar-refractivity contribution in [2.45, 2.75) is 32.2 Å². The van der Waals surface area contributed by atoms with Crippen molar-refractivity contribution in [1.82, 2.24) is 20.1 Å². The Kier molecular flexibility index (Phi) is 4.49. The van der Waals surface area contributed by atoms with Gasteiger partial charge in [0.1, 0.15) is 0 Å². The fourth-order valence-corrected chi connectivity index (χ4v) is 2.85. The van der Waals surface area contributed by atoms with E-state index in [0.717, 1.165) is 25.0 Å². The summed E-state index contributed by atoms with van der Waals surface area (Å²) in [5.41, 5.74) is 2.42. The lowest BCUT2D eigenvalue weighted by Gasteiger charge is -2.13. The van der Waals surface area contributed by atoms with Crippen molar-refractivity contribution in [3.8, 4) is 0 Å². The molecular weight excluding hydrogens is 244 g/mol. The summed E-state index contributed by atoms with van der Waals surface area (Å²) < 4.78 is 1.86. The highest BCUT2D eigenvalue weighted by Crippen LogP contribution is 2.13. The van der Waals surface area contributed by atoms with E-state index in [1.807, 2.05) is 31.9 Å². The number of thiazole rings is 1. The van der Waals surface area contributed by atoms with Crippen molar-refractivity contribution >= 4 is 11.3 Å². The molecule has 0 amide bonds. The molecule has 0 aliphatic rings. The number of hydrogen-bond donors (Lipinski definition) is 1. The minimum absolute atomic E-state index is 0.482. The number of hydrogen-bond acceptors (Lipinski definition) is 4. The first-order valence-electron chi connectivity index (χ1n) is 6.23. The molecule has 0 aromatic carbocycles. The van der Waals surface area contributed by atoms with Gasteiger partial charge in [-0.2, -0.15) is 5.10 Å². The molecule has 2 aromatic heterocycles. The molecule has 0 aliphatic carbocycles. The van der Waals surface area contributed by atoms with Crippen LogP contribution in [0.1, 0.15) is 22.7 Å². The summed E-state index contributed by atoms with van der Waals surface area (Å²) in [4.78, 5) is 4.52. The second kappa shape index (κ2) is 6.11. The van der Waals surface area contributed by atoms with Crippen molar-refractivity contribution in [2.24, 2.45) is 7.05 Å². The quantitative estimate of drug-likeness (QED) is 0.867. The van der Waals surface area contributed by atoms with Crippen molar-refractivity contribution in [2.75, 3.05) is 7.05 Å². The van der Waals surface area contributed by atoms with Gasteiger partial charge in [0.2, 0.25) is 0 Å². The molecule has 0 aliphatic heterocycles. The first-order valence-corrected chi connectivity index (χ1v) is 7.11. The molecule has 2 aromatic rings. The number of nitrogens with zero attached hydrogens (tertiary/aromatic N) is 3. The molecule has 98 valence electrons. The van der Waals surface area contributed by atoms with Gasteiger partial charge in [-0.25, -0.2) is 4.98 Å². The van der Waals surface area contributed by atoms with Crippen LogP contribution >= 0.6 is 11.3 Å². The van der Waals surface area contributed by atoms with E-state index in [2.05, 4.69) is 27.0 Å². The normalized spacial score (nSPS) is 12.8. The van der Waals surface area contributed by atoms with Crippen LogP contribution in [0.3, 0.4) is 0 Å². The first kappa shape index (κ1) is 13.2. The summed E-state index contributed by atoms with van der Waals surface area (Å²) >= 11 is 1.75. The standard InChI is InChI=1S/C13H20N4S/c1-10-9-18-13(16-10)6-12(14-2)5-4-11-7-15-17(3)8-11/h7-9,12,14H,4-6H2,1-3H3. The smallest absolute Gasteiger partial charge is 0.0943 e. The van der Waals surface area contributed by atoms with Gasteiger partial charge in [0, 0.05) is 36.8 Å². The van der Waals surface area contributed by atoms with E-state index in [1.54, 1.807) is 11.3 Å². The average Bonchev–Trinajstić information content (AvgIpc) is 2.93. The van der Waals surface area contributed by atoms with Gasteiger partial charge in [-0.3, -0.25) is 4.68 Å². The maximum absolute atomic E-state index is 4.52. The van der Waals surface area contributed by atoms with Gasteiger partial charge >= 0.3 is 0 Å². The summed E-state index contributed by atoms with van der Waals surface area (Å²) in [5, 5.41) is 10.9. The Balaban J connectivity index is 1.85. The maximum Gasteiger partial charge on any atom is 0.0943 e. The molecule has 2 heterocycles. The minimum atomic E-state index is 0.482. The summed E-state index contributed by atoms with van der Waals surface area (Å²) in [7, 11) is 3.98. The molecule has 1 unspecified atom stereocenters. The Labute approximate surface area is 112 Å². The molecule has 0 bridgehead atoms. The minimum Gasteiger partial charge on any atom is -0.317 e. The molecule has 1 N–H and O–H groups in total. The third kappa shape index (κ3) is 3.65. The predicted molar refractivity (Wildman–Crippen MR) is 74.9 cm³/mol. The van der Waals surface area contributed by atoms with Crippen LogP contribution in [-0.2, 0) is 19.9 Å². The Morgan fingerprint density at radius 3 is 2.89 bits per heavy atom. The molecule has 0 fully saturated rings. The highest BCUT2D eigenvalue weighted by atomic mass is 32.1. The van der Waals surface area contributed by atoms with Crippen LogP contribution in [-0.4, -0.2) is 27.9 Å². The largest absolute Gasteiger partial charge is 0.317 e. The molecule has 4 nitrogen and oxygen atoms in total. The maximum atomic E-state index is 4.52. The molecule has 18 heavy (non-hydrogen) atoms. The van der Waals surface area contributed by atoms with Crippen LogP contribution in [0, 0.1) is 6.92 Å². The summed E-state index contributed by atoms with van der Waals surface area (Å²) in [6.07, 6.45) is 7.21. The van der Waals surface area contributed by atoms with E-state index in [4.69, 9.17) is 0 Å². The zero-order chi connectivity index (χ0) is 13.0. The molecular formula is C13H20N4S. The van der Waals surface area contributed by atoms with Crippen LogP contribution in [0.2, 0.25) is 0 Å². The number of likely N-dealkylation sites (N-methyl/N-ethyl adjacent to an activating group) is 1. The highest BCUT2D eigenvalue weighted by Gasteiger charge is 2.10. The Bertz CT molecular complexity index is 489. The van der Waals surface area contributed by atoms with E-state index in [1.165, 1.54) is 10.6 Å². The second-order valence-electron chi connectivity index (χ2n) is 4.63. The fourth-order valence-electron chi connectivity index (χ4n) is 2.00. The lowest BCUT2D eigenvalue weighted by atomic mass is 10.1. The zero-order valence-corrected chi connectivity index (χ0v) is 12.0. The number of nitrogens with one attached hydrogen (secondary N) is 1. The SMILES string of the molecule is CNC(CCc1cnn(C)c1)Cc1nc(C)cs1. The molecule has 2 rings (SSSR count). The van der Waals surface area contributed by atoms with Crippen molar-refractivity contribution in [3.63, 3.8) is 0 Å². The number of rotatable bonds is 6. The van der Waals surface area contributed by atoms with Crippen LogP contribution < -0.4 is 5.32 Å². The van der Waals surface area contributed by atoms with E-state index >= 15 is 0 Å². The van der Waals surface area contributed by atoms with Gasteiger partial charge in [-0.1, -0.05) is 0 Å². The highest BCUT2D eigenvalue weighted by molar-refractivity contribution is 7.09. The van der Waals surface area contributed by atoms with Gasteiger partial charge in [-0.15, -0.1) is 11.3 Å². The molecule has 0 saturated heterocycles. The predicted octanol–water partition coefficient (Wildman–Crippen LogP) is 1.95. The second-order valence-corrected chi connectivity index (χ2v) is 5.58. The Morgan fingerprint density at radius 1 is 1.50 bits per heavy atom. The summed E-state index contributed by atoms with van der Waals surface area (Å²) in [5.74, 6) is 0. The third-order valence-corrected chi connectivity index (χ3v) is 4.02. The van der Waals surface area contributed by atoms with Gasteiger partial charge < -0.3 is 5.32 Å². The van der Waals surface area contributed by atoms with Crippen molar-refractivity contribution in [1.29, 1.82) is 0 Å². The van der Waals surface area contributed by atoms with Crippen LogP contribution in [0.25, 0.3) is 0 Å². The first-order chi connectivity index (χ1) is 8.67. The summed E-state index contributed by atoms with van der Waals surface area (Å²) in [6, 6.07) is 0.482. The molecule has 0 saturated carbocycles. The van der Waals surface area contributed by atoms with Gasteiger partial charge in [0.25, 0.3) is 0 Å². The van der Waals surface area contributed by atoms with Gasteiger partial charge in [0.05, 0.1) is 11.2 Å². The lowest BCUT2D eigenvalue weighted by molar-refractivity contribution is 0.519. The number of aryl methyl sites for hydroxylation is 3. The summed E-state index contributed by atoms with van der Waals surface area (Å²) in [6.45, 7) is 2.05. The fraction of sp³-hybridized carbons (Fsp3) is 0.538. The molecule has 0 radical (unpaired) electrons. The average molecular weight is 264 g/mol. The van der Waals surface area contributed by atoms with Gasteiger partial charge in [-0.05, 0) is 32.4 Å². The van der Waals surface area contributed by atoms with E-state index in [0.29, 0.717) is 6.04 Å². The molecule has 5 heteroatoms. The monoisotopic (exact) mass is 264 g/mol. The Morgan fingerprint density at radius 2 is 2.33 bits per heavy atom. The van der Waals surface area contributed by atoms with Gasteiger partial charge in [0.15, 0.2) is 0 Å². The van der Waals surface area contributed by atoms with Crippen LogP contribution in [0.4, 0.5) is 0 Å². The zero-order valence-electron chi connectivity index (χ0n) is 11.2. The lowest BCUT2D eigenvalue weighted by Crippen LogP contribution is -2.28. The van der Waals surface area contributed by atoms with E-state index < -0.39 is 0 Å². The van der Waals surface area contributed by atoms with Crippen LogP contribution in [0.5, 0.6) is 0 Å². The molecule has 0 spiro atoms. The van der Waals surface area contributed by atoms with Crippen LogP contribution in [0.15, 0.2) is 17.8 Å². The Hall–Kier alpha value is -1.20. The van der Waals surface area contributed by atoms with E-state index in [9.17, 15) is 0 Å².